The number of carbonyl (C=O) groups is 1. The minimum absolute atomic E-state index is 0.255. The Balaban J connectivity index is 2.69. The van der Waals surface area contributed by atoms with Crippen molar-refractivity contribution in [1.29, 1.82) is 0 Å². The molecule has 0 saturated carbocycles. The van der Waals surface area contributed by atoms with Crippen molar-refractivity contribution in [2.75, 3.05) is 0 Å². The van der Waals surface area contributed by atoms with Crippen LogP contribution in [-0.4, -0.2) is 11.1 Å². The molecule has 2 nitrogen and oxygen atoms in total. The zero-order chi connectivity index (χ0) is 19.0. The molecule has 1 rings (SSSR count). The summed E-state index contributed by atoms with van der Waals surface area (Å²) in [6.07, 6.45) is 10.1. The maximum absolute atomic E-state index is 11.8. The van der Waals surface area contributed by atoms with Crippen LogP contribution >= 0.6 is 0 Å². The number of carboxylic acids is 1. The molecule has 2 heteroatoms. The van der Waals surface area contributed by atoms with Gasteiger partial charge in [0.2, 0.25) is 0 Å². The lowest BCUT2D eigenvalue weighted by Crippen LogP contribution is -2.18. The van der Waals surface area contributed by atoms with Gasteiger partial charge in [-0.15, -0.1) is 0 Å². The minimum atomic E-state index is -0.638. The molecular formula is C23H38O2. The van der Waals surface area contributed by atoms with E-state index in [-0.39, 0.29) is 5.92 Å². The molecule has 0 aliphatic carbocycles. The third-order valence-electron chi connectivity index (χ3n) is 6.11. The highest BCUT2D eigenvalue weighted by Crippen LogP contribution is 2.29. The highest BCUT2D eigenvalue weighted by molar-refractivity contribution is 5.70. The zero-order valence-electron chi connectivity index (χ0n) is 17.3. The van der Waals surface area contributed by atoms with Crippen molar-refractivity contribution in [2.45, 2.75) is 99.3 Å². The van der Waals surface area contributed by atoms with E-state index in [0.717, 1.165) is 19.3 Å². The minimum Gasteiger partial charge on any atom is -0.481 e. The monoisotopic (exact) mass is 346 g/mol. The van der Waals surface area contributed by atoms with Gasteiger partial charge >= 0.3 is 5.97 Å². The van der Waals surface area contributed by atoms with Crippen molar-refractivity contribution in [3.05, 3.63) is 33.4 Å². The predicted molar refractivity (Wildman–Crippen MR) is 108 cm³/mol. The Kier molecular flexibility index (Phi) is 9.24. The van der Waals surface area contributed by atoms with Gasteiger partial charge in [0.1, 0.15) is 0 Å². The van der Waals surface area contributed by atoms with Crippen LogP contribution in [0.1, 0.15) is 91.7 Å². The second-order valence-corrected chi connectivity index (χ2v) is 7.75. The van der Waals surface area contributed by atoms with Crippen LogP contribution in [-0.2, 0) is 11.2 Å². The van der Waals surface area contributed by atoms with E-state index in [9.17, 15) is 9.90 Å². The Labute approximate surface area is 155 Å². The molecule has 1 atom stereocenters. The summed E-state index contributed by atoms with van der Waals surface area (Å²) in [7, 11) is 0. The molecule has 1 N–H and O–H groups in total. The molecule has 1 aromatic rings. The fourth-order valence-corrected chi connectivity index (χ4v) is 3.79. The maximum Gasteiger partial charge on any atom is 0.306 e. The second-order valence-electron chi connectivity index (χ2n) is 7.75. The van der Waals surface area contributed by atoms with Crippen molar-refractivity contribution >= 4 is 5.97 Å². The van der Waals surface area contributed by atoms with E-state index in [1.54, 1.807) is 0 Å². The van der Waals surface area contributed by atoms with Gasteiger partial charge in [0, 0.05) is 0 Å². The number of unbranched alkanes of at least 4 members (excludes halogenated alkanes) is 6. The summed E-state index contributed by atoms with van der Waals surface area (Å²) in [5.74, 6) is -0.893. The molecule has 0 saturated heterocycles. The van der Waals surface area contributed by atoms with Gasteiger partial charge in [0.05, 0.1) is 5.92 Å². The Morgan fingerprint density at radius 3 is 1.68 bits per heavy atom. The predicted octanol–water partition coefficient (Wildman–Crippen LogP) is 6.61. The molecule has 0 radical (unpaired) electrons. The molecule has 142 valence electrons. The van der Waals surface area contributed by atoms with E-state index in [4.69, 9.17) is 0 Å². The number of hydrogen-bond acceptors (Lipinski definition) is 1. The van der Waals surface area contributed by atoms with Crippen LogP contribution in [0, 0.1) is 40.5 Å². The Hall–Kier alpha value is -1.31. The number of benzene rings is 1. The smallest absolute Gasteiger partial charge is 0.306 e. The first-order chi connectivity index (χ1) is 11.8. The van der Waals surface area contributed by atoms with Gasteiger partial charge in [0.15, 0.2) is 0 Å². The van der Waals surface area contributed by atoms with Crippen molar-refractivity contribution in [1.82, 2.24) is 0 Å². The highest BCUT2D eigenvalue weighted by atomic mass is 16.4. The topological polar surface area (TPSA) is 37.3 Å². The summed E-state index contributed by atoms with van der Waals surface area (Å²) < 4.78 is 0. The largest absolute Gasteiger partial charge is 0.481 e. The lowest BCUT2D eigenvalue weighted by molar-refractivity contribution is -0.142. The first-order valence-electron chi connectivity index (χ1n) is 10.1. The molecule has 0 heterocycles. The summed E-state index contributed by atoms with van der Waals surface area (Å²) in [6, 6.07) is 0. The van der Waals surface area contributed by atoms with Gasteiger partial charge in [-0.1, -0.05) is 51.9 Å². The second kappa shape index (κ2) is 10.6. The summed E-state index contributed by atoms with van der Waals surface area (Å²) in [4.78, 5) is 11.8. The summed E-state index contributed by atoms with van der Waals surface area (Å²) in [5, 5.41) is 9.68. The van der Waals surface area contributed by atoms with Gasteiger partial charge in [-0.3, -0.25) is 4.79 Å². The van der Waals surface area contributed by atoms with E-state index in [1.807, 2.05) is 0 Å². The van der Waals surface area contributed by atoms with E-state index in [0.29, 0.717) is 6.42 Å². The maximum atomic E-state index is 11.8. The number of carboxylic acid groups (broad SMARTS) is 1. The molecule has 0 aromatic heterocycles. The van der Waals surface area contributed by atoms with Crippen LogP contribution in [0.5, 0.6) is 0 Å². The van der Waals surface area contributed by atoms with E-state index >= 15 is 0 Å². The molecule has 0 aliphatic rings. The highest BCUT2D eigenvalue weighted by Gasteiger charge is 2.21. The van der Waals surface area contributed by atoms with Crippen molar-refractivity contribution in [3.8, 4) is 0 Å². The van der Waals surface area contributed by atoms with E-state index in [2.05, 4.69) is 41.5 Å². The Morgan fingerprint density at radius 2 is 1.20 bits per heavy atom. The van der Waals surface area contributed by atoms with E-state index < -0.39 is 5.97 Å². The third-order valence-corrected chi connectivity index (χ3v) is 6.11. The van der Waals surface area contributed by atoms with Gasteiger partial charge in [-0.05, 0) is 80.8 Å². The van der Waals surface area contributed by atoms with Gasteiger partial charge < -0.3 is 5.11 Å². The number of rotatable bonds is 11. The normalized spacial score (nSPS) is 12.4. The Bertz CT molecular complexity index is 543. The van der Waals surface area contributed by atoms with Gasteiger partial charge in [-0.25, -0.2) is 0 Å². The Morgan fingerprint density at radius 1 is 0.760 bits per heavy atom. The molecule has 25 heavy (non-hydrogen) atoms. The van der Waals surface area contributed by atoms with Crippen molar-refractivity contribution in [3.63, 3.8) is 0 Å². The molecule has 0 amide bonds. The average Bonchev–Trinajstić information content (AvgIpc) is 2.59. The fourth-order valence-electron chi connectivity index (χ4n) is 3.79. The molecule has 1 unspecified atom stereocenters. The lowest BCUT2D eigenvalue weighted by atomic mass is 9.84. The summed E-state index contributed by atoms with van der Waals surface area (Å²) in [6.45, 7) is 13.0. The molecule has 1 aromatic carbocycles. The third kappa shape index (κ3) is 6.17. The number of hydrogen-bond donors (Lipinski definition) is 1. The van der Waals surface area contributed by atoms with Crippen molar-refractivity contribution < 1.29 is 9.90 Å². The quantitative estimate of drug-likeness (QED) is 0.457. The van der Waals surface area contributed by atoms with Crippen LogP contribution in [0.2, 0.25) is 0 Å². The lowest BCUT2D eigenvalue weighted by Gasteiger charge is -2.21. The standard InChI is InChI=1S/C23H38O2/c1-7-8-9-10-11-12-13-14-21(23(24)25)15-22-19(5)17(3)16(2)18(4)20(22)6/h21H,7-15H2,1-6H3,(H,24,25). The number of aliphatic carboxylic acids is 1. The molecule has 0 aliphatic heterocycles. The van der Waals surface area contributed by atoms with Crippen LogP contribution in [0.15, 0.2) is 0 Å². The first kappa shape index (κ1) is 21.7. The average molecular weight is 347 g/mol. The van der Waals surface area contributed by atoms with E-state index in [1.165, 1.54) is 65.5 Å². The molecule has 0 spiro atoms. The van der Waals surface area contributed by atoms with Gasteiger partial charge in [0.25, 0.3) is 0 Å². The van der Waals surface area contributed by atoms with Crippen LogP contribution in [0.4, 0.5) is 0 Å². The molecule has 0 fully saturated rings. The van der Waals surface area contributed by atoms with Crippen LogP contribution in [0.3, 0.4) is 0 Å². The van der Waals surface area contributed by atoms with Crippen LogP contribution in [0.25, 0.3) is 0 Å². The molecular weight excluding hydrogens is 308 g/mol. The fraction of sp³-hybridized carbons (Fsp3) is 0.696. The van der Waals surface area contributed by atoms with Crippen LogP contribution < -0.4 is 0 Å². The summed E-state index contributed by atoms with van der Waals surface area (Å²) >= 11 is 0. The summed E-state index contributed by atoms with van der Waals surface area (Å²) in [5.41, 5.74) is 7.81. The SMILES string of the molecule is CCCCCCCCCC(Cc1c(C)c(C)c(C)c(C)c1C)C(=O)O. The zero-order valence-corrected chi connectivity index (χ0v) is 17.3. The first-order valence-corrected chi connectivity index (χ1v) is 10.1. The van der Waals surface area contributed by atoms with Gasteiger partial charge in [-0.2, -0.15) is 0 Å². The van der Waals surface area contributed by atoms with Crippen molar-refractivity contribution in [2.24, 2.45) is 5.92 Å². The molecule has 0 bridgehead atoms.